The molecule has 0 spiro atoms. The molecule has 0 atom stereocenters. The van der Waals surface area contributed by atoms with Crippen molar-refractivity contribution < 1.29 is 4.79 Å². The van der Waals surface area contributed by atoms with Crippen LogP contribution in [-0.2, 0) is 0 Å². The summed E-state index contributed by atoms with van der Waals surface area (Å²) in [5.41, 5.74) is 8.35. The van der Waals surface area contributed by atoms with E-state index in [-0.39, 0.29) is 5.91 Å². The van der Waals surface area contributed by atoms with Crippen LogP contribution in [0, 0.1) is 0 Å². The van der Waals surface area contributed by atoms with Crippen molar-refractivity contribution in [2.45, 2.75) is 19.8 Å². The van der Waals surface area contributed by atoms with Gasteiger partial charge in [-0.1, -0.05) is 71.7 Å². The summed E-state index contributed by atoms with van der Waals surface area (Å²) < 4.78 is 0.880. The number of carbonyl (C=O) groups excluding carboxylic acids is 1. The lowest BCUT2D eigenvalue weighted by Crippen LogP contribution is -2.36. The normalized spacial score (nSPS) is 11.1. The molecule has 2 rings (SSSR count). The minimum absolute atomic E-state index is 0.167. The maximum absolute atomic E-state index is 12.2. The molecule has 0 saturated heterocycles. The third-order valence-corrected chi connectivity index (χ3v) is 3.61. The van der Waals surface area contributed by atoms with Crippen LogP contribution in [0.25, 0.3) is 5.70 Å². The maximum Gasteiger partial charge on any atom is 0.269 e. The Morgan fingerprint density at radius 1 is 1.05 bits per heavy atom. The van der Waals surface area contributed by atoms with Gasteiger partial charge < -0.3 is 0 Å². The summed E-state index contributed by atoms with van der Waals surface area (Å²) in [4.78, 5) is 12.2. The standard InChI is InChI=1S/C18H19BrN2O/c1-2-3-12-17(14-8-5-4-6-9-14)20-21-18(22)15-10-7-11-16(19)13-15/h4-13,20H,2-3H2,1H3,(H,21,22)/b17-12-. The first kappa shape index (κ1) is 16.3. The fraction of sp³-hybridized carbons (Fsp3) is 0.167. The first-order valence-corrected chi connectivity index (χ1v) is 8.07. The van der Waals surface area contributed by atoms with E-state index < -0.39 is 0 Å². The monoisotopic (exact) mass is 358 g/mol. The number of hydrogen-bond acceptors (Lipinski definition) is 2. The molecule has 0 unspecified atom stereocenters. The van der Waals surface area contributed by atoms with Crippen molar-refractivity contribution in [3.05, 3.63) is 76.3 Å². The van der Waals surface area contributed by atoms with Crippen molar-refractivity contribution in [3.8, 4) is 0 Å². The van der Waals surface area contributed by atoms with Crippen LogP contribution in [0.2, 0.25) is 0 Å². The molecule has 2 aromatic rings. The van der Waals surface area contributed by atoms with E-state index in [1.54, 1.807) is 12.1 Å². The van der Waals surface area contributed by atoms with Gasteiger partial charge >= 0.3 is 0 Å². The van der Waals surface area contributed by atoms with E-state index in [0.29, 0.717) is 5.56 Å². The summed E-state index contributed by atoms with van der Waals surface area (Å²) in [5, 5.41) is 0. The Labute approximate surface area is 139 Å². The molecule has 0 aliphatic rings. The number of nitrogens with one attached hydrogen (secondary N) is 2. The van der Waals surface area contributed by atoms with Crippen LogP contribution in [0.1, 0.15) is 35.7 Å². The van der Waals surface area contributed by atoms with Crippen molar-refractivity contribution in [2.24, 2.45) is 0 Å². The molecule has 1 amide bonds. The molecule has 4 heteroatoms. The van der Waals surface area contributed by atoms with Crippen LogP contribution >= 0.6 is 15.9 Å². The average Bonchev–Trinajstić information content (AvgIpc) is 2.55. The zero-order valence-corrected chi connectivity index (χ0v) is 14.1. The van der Waals surface area contributed by atoms with E-state index in [0.717, 1.165) is 28.6 Å². The van der Waals surface area contributed by atoms with Gasteiger partial charge in [-0.2, -0.15) is 0 Å². The number of unbranched alkanes of at least 4 members (excludes halogenated alkanes) is 1. The molecular weight excluding hydrogens is 340 g/mol. The summed E-state index contributed by atoms with van der Waals surface area (Å²) >= 11 is 3.37. The van der Waals surface area contributed by atoms with Crippen LogP contribution in [-0.4, -0.2) is 5.91 Å². The van der Waals surface area contributed by atoms with Crippen molar-refractivity contribution >= 4 is 27.5 Å². The van der Waals surface area contributed by atoms with Crippen LogP contribution in [0.3, 0.4) is 0 Å². The van der Waals surface area contributed by atoms with E-state index >= 15 is 0 Å². The Morgan fingerprint density at radius 3 is 2.45 bits per heavy atom. The Hall–Kier alpha value is -2.07. The lowest BCUT2D eigenvalue weighted by atomic mass is 10.1. The number of hydrogen-bond donors (Lipinski definition) is 2. The highest BCUT2D eigenvalue weighted by Crippen LogP contribution is 2.13. The van der Waals surface area contributed by atoms with Gasteiger partial charge in [0.1, 0.15) is 0 Å². The van der Waals surface area contributed by atoms with Gasteiger partial charge in [0.15, 0.2) is 0 Å². The zero-order valence-electron chi connectivity index (χ0n) is 12.5. The first-order valence-electron chi connectivity index (χ1n) is 7.28. The molecule has 114 valence electrons. The topological polar surface area (TPSA) is 41.1 Å². The highest BCUT2D eigenvalue weighted by Gasteiger charge is 2.07. The largest absolute Gasteiger partial charge is 0.298 e. The number of benzene rings is 2. The molecule has 0 heterocycles. The summed E-state index contributed by atoms with van der Waals surface area (Å²) in [5.74, 6) is -0.167. The molecule has 3 nitrogen and oxygen atoms in total. The zero-order chi connectivity index (χ0) is 15.8. The van der Waals surface area contributed by atoms with Crippen LogP contribution in [0.5, 0.6) is 0 Å². The molecule has 0 aliphatic carbocycles. The third kappa shape index (κ3) is 4.74. The summed E-state index contributed by atoms with van der Waals surface area (Å²) in [6.45, 7) is 2.12. The predicted molar refractivity (Wildman–Crippen MR) is 94.1 cm³/mol. The number of allylic oxidation sites excluding steroid dienone is 1. The SMILES string of the molecule is CCC/C=C(\NNC(=O)c1cccc(Br)c1)c1ccccc1. The van der Waals surface area contributed by atoms with Gasteiger partial charge in [0.2, 0.25) is 0 Å². The molecule has 22 heavy (non-hydrogen) atoms. The molecule has 0 fully saturated rings. The second kappa shape index (κ2) is 8.39. The Kier molecular flexibility index (Phi) is 6.22. The van der Waals surface area contributed by atoms with Crippen LogP contribution < -0.4 is 10.9 Å². The van der Waals surface area contributed by atoms with Crippen molar-refractivity contribution in [3.63, 3.8) is 0 Å². The summed E-state index contributed by atoms with van der Waals surface area (Å²) in [7, 11) is 0. The van der Waals surface area contributed by atoms with Gasteiger partial charge in [-0.15, -0.1) is 0 Å². The highest BCUT2D eigenvalue weighted by molar-refractivity contribution is 9.10. The molecular formula is C18H19BrN2O. The predicted octanol–water partition coefficient (Wildman–Crippen LogP) is 4.52. The van der Waals surface area contributed by atoms with E-state index in [1.165, 1.54) is 0 Å². The van der Waals surface area contributed by atoms with Crippen molar-refractivity contribution in [1.82, 2.24) is 10.9 Å². The van der Waals surface area contributed by atoms with E-state index in [9.17, 15) is 4.79 Å². The van der Waals surface area contributed by atoms with Crippen LogP contribution in [0.15, 0.2) is 65.1 Å². The molecule has 2 N–H and O–H groups in total. The average molecular weight is 359 g/mol. The molecule has 2 aromatic carbocycles. The van der Waals surface area contributed by atoms with Gasteiger partial charge in [-0.25, -0.2) is 0 Å². The lowest BCUT2D eigenvalue weighted by molar-refractivity contribution is 0.0942. The molecule has 0 saturated carbocycles. The van der Waals surface area contributed by atoms with Gasteiger partial charge in [0, 0.05) is 10.0 Å². The number of amides is 1. The second-order valence-electron chi connectivity index (χ2n) is 4.86. The molecule has 0 bridgehead atoms. The lowest BCUT2D eigenvalue weighted by Gasteiger charge is -2.13. The highest BCUT2D eigenvalue weighted by atomic mass is 79.9. The second-order valence-corrected chi connectivity index (χ2v) is 5.78. The molecule has 0 aromatic heterocycles. The maximum atomic E-state index is 12.2. The summed E-state index contributed by atoms with van der Waals surface area (Å²) in [6, 6.07) is 17.2. The fourth-order valence-electron chi connectivity index (χ4n) is 1.97. The smallest absolute Gasteiger partial charge is 0.269 e. The molecule has 0 radical (unpaired) electrons. The Balaban J connectivity index is 2.07. The minimum Gasteiger partial charge on any atom is -0.298 e. The number of hydrazine groups is 1. The fourth-order valence-corrected chi connectivity index (χ4v) is 2.37. The van der Waals surface area contributed by atoms with Gasteiger partial charge in [0.05, 0.1) is 5.70 Å². The number of carbonyl (C=O) groups is 1. The van der Waals surface area contributed by atoms with Gasteiger partial charge in [0.25, 0.3) is 5.91 Å². The Bertz CT molecular complexity index is 653. The minimum atomic E-state index is -0.167. The Morgan fingerprint density at radius 2 is 1.77 bits per heavy atom. The van der Waals surface area contributed by atoms with Crippen molar-refractivity contribution in [2.75, 3.05) is 0 Å². The van der Waals surface area contributed by atoms with Gasteiger partial charge in [-0.05, 0) is 30.2 Å². The van der Waals surface area contributed by atoms with Crippen molar-refractivity contribution in [1.29, 1.82) is 0 Å². The van der Waals surface area contributed by atoms with E-state index in [4.69, 9.17) is 0 Å². The van der Waals surface area contributed by atoms with E-state index in [2.05, 4.69) is 39.8 Å². The number of halogens is 1. The molecule has 0 aliphatic heterocycles. The third-order valence-electron chi connectivity index (χ3n) is 3.12. The van der Waals surface area contributed by atoms with Gasteiger partial charge in [-0.3, -0.25) is 15.6 Å². The van der Waals surface area contributed by atoms with E-state index in [1.807, 2.05) is 42.5 Å². The van der Waals surface area contributed by atoms with Crippen LogP contribution in [0.4, 0.5) is 0 Å². The number of rotatable bonds is 6. The summed E-state index contributed by atoms with van der Waals surface area (Å²) in [6.07, 6.45) is 4.10. The first-order chi connectivity index (χ1) is 10.7. The quantitative estimate of drug-likeness (QED) is 0.745.